The predicted molar refractivity (Wildman–Crippen MR) is 114 cm³/mol. The van der Waals surface area contributed by atoms with Crippen molar-refractivity contribution in [2.24, 2.45) is 0 Å². The highest BCUT2D eigenvalue weighted by atomic mass is 16.1. The number of fused-ring (bicyclic) bond motifs is 1. The molecule has 146 valence electrons. The van der Waals surface area contributed by atoms with E-state index in [1.165, 1.54) is 0 Å². The van der Waals surface area contributed by atoms with Crippen LogP contribution in [-0.2, 0) is 6.42 Å². The predicted octanol–water partition coefficient (Wildman–Crippen LogP) is 4.05. The van der Waals surface area contributed by atoms with E-state index in [-0.39, 0.29) is 11.9 Å². The summed E-state index contributed by atoms with van der Waals surface area (Å²) in [5.74, 6) is -0.123. The van der Waals surface area contributed by atoms with Crippen LogP contribution in [0, 0.1) is 0 Å². The molecule has 3 aromatic heterocycles. The molecule has 4 rings (SSSR count). The van der Waals surface area contributed by atoms with Crippen molar-refractivity contribution < 1.29 is 4.79 Å². The van der Waals surface area contributed by atoms with Crippen LogP contribution in [0.15, 0.2) is 67.1 Å². The Kier molecular flexibility index (Phi) is 5.33. The number of hydrogen-bond acceptors (Lipinski definition) is 4. The fraction of sp³-hybridized carbons (Fsp3) is 0.217. The van der Waals surface area contributed by atoms with E-state index in [0.29, 0.717) is 12.1 Å². The molecule has 0 spiro atoms. The zero-order valence-electron chi connectivity index (χ0n) is 16.5. The Morgan fingerprint density at radius 1 is 1.10 bits per heavy atom. The van der Waals surface area contributed by atoms with Crippen molar-refractivity contribution in [1.82, 2.24) is 25.1 Å². The quantitative estimate of drug-likeness (QED) is 0.543. The average molecular weight is 385 g/mol. The van der Waals surface area contributed by atoms with Gasteiger partial charge in [0.2, 0.25) is 0 Å². The van der Waals surface area contributed by atoms with E-state index in [1.54, 1.807) is 12.4 Å². The third-order valence-electron chi connectivity index (χ3n) is 4.79. The highest BCUT2D eigenvalue weighted by Gasteiger charge is 2.18. The molecule has 0 atom stereocenters. The first kappa shape index (κ1) is 18.8. The second-order valence-corrected chi connectivity index (χ2v) is 7.21. The van der Waals surface area contributed by atoms with Gasteiger partial charge in [0.15, 0.2) is 5.65 Å². The van der Waals surface area contributed by atoms with E-state index in [0.717, 1.165) is 34.3 Å². The lowest BCUT2D eigenvalue weighted by Crippen LogP contribution is -2.26. The summed E-state index contributed by atoms with van der Waals surface area (Å²) in [6.07, 6.45) is 6.02. The minimum atomic E-state index is -0.123. The number of carbonyl (C=O) groups excluding carboxylic acids is 1. The van der Waals surface area contributed by atoms with Crippen molar-refractivity contribution in [2.45, 2.75) is 26.3 Å². The Morgan fingerprint density at radius 2 is 1.93 bits per heavy atom. The minimum absolute atomic E-state index is 0.123. The summed E-state index contributed by atoms with van der Waals surface area (Å²) in [5.41, 5.74) is 4.13. The van der Waals surface area contributed by atoms with E-state index < -0.39 is 0 Å². The van der Waals surface area contributed by atoms with Gasteiger partial charge in [-0.3, -0.25) is 9.78 Å². The summed E-state index contributed by atoms with van der Waals surface area (Å²) in [4.78, 5) is 21.9. The lowest BCUT2D eigenvalue weighted by molar-refractivity contribution is 0.0955. The maximum Gasteiger partial charge on any atom is 0.252 e. The highest BCUT2D eigenvalue weighted by Crippen LogP contribution is 2.26. The molecule has 0 saturated heterocycles. The van der Waals surface area contributed by atoms with Crippen molar-refractivity contribution in [2.75, 3.05) is 6.54 Å². The van der Waals surface area contributed by atoms with Crippen LogP contribution in [0.2, 0.25) is 0 Å². The van der Waals surface area contributed by atoms with Gasteiger partial charge in [-0.2, -0.15) is 5.10 Å². The molecule has 3 heterocycles. The lowest BCUT2D eigenvalue weighted by atomic mass is 10.1. The van der Waals surface area contributed by atoms with Crippen LogP contribution in [0.25, 0.3) is 22.3 Å². The Morgan fingerprint density at radius 3 is 2.66 bits per heavy atom. The van der Waals surface area contributed by atoms with Gasteiger partial charge in [-0.15, -0.1) is 0 Å². The molecule has 0 radical (unpaired) electrons. The second-order valence-electron chi connectivity index (χ2n) is 7.21. The minimum Gasteiger partial charge on any atom is -0.352 e. The monoisotopic (exact) mass is 385 g/mol. The SMILES string of the molecule is CC(C)n1ncc2c(C(=O)NCCc3cccnc3)cc(-c3ccccc3)nc21. The summed E-state index contributed by atoms with van der Waals surface area (Å²) in [7, 11) is 0. The van der Waals surface area contributed by atoms with Gasteiger partial charge in [-0.1, -0.05) is 36.4 Å². The maximum atomic E-state index is 13.0. The third kappa shape index (κ3) is 4.01. The van der Waals surface area contributed by atoms with E-state index in [9.17, 15) is 4.79 Å². The first-order valence-corrected chi connectivity index (χ1v) is 9.74. The summed E-state index contributed by atoms with van der Waals surface area (Å²) >= 11 is 0. The number of carbonyl (C=O) groups is 1. The molecule has 4 aromatic rings. The average Bonchev–Trinajstić information content (AvgIpc) is 3.19. The van der Waals surface area contributed by atoms with Crippen LogP contribution in [0.1, 0.15) is 35.8 Å². The van der Waals surface area contributed by atoms with E-state index in [4.69, 9.17) is 4.98 Å². The van der Waals surface area contributed by atoms with E-state index in [1.807, 2.05) is 59.4 Å². The molecular weight excluding hydrogens is 362 g/mol. The van der Waals surface area contributed by atoms with Crippen LogP contribution in [0.4, 0.5) is 0 Å². The fourth-order valence-electron chi connectivity index (χ4n) is 3.30. The Labute approximate surface area is 169 Å². The van der Waals surface area contributed by atoms with Gasteiger partial charge in [0.25, 0.3) is 5.91 Å². The van der Waals surface area contributed by atoms with Crippen LogP contribution in [0.3, 0.4) is 0 Å². The van der Waals surface area contributed by atoms with Crippen LogP contribution >= 0.6 is 0 Å². The number of nitrogens with one attached hydrogen (secondary N) is 1. The molecule has 0 fully saturated rings. The molecule has 0 unspecified atom stereocenters. The summed E-state index contributed by atoms with van der Waals surface area (Å²) < 4.78 is 1.86. The Hall–Kier alpha value is -3.54. The van der Waals surface area contributed by atoms with Gasteiger partial charge < -0.3 is 5.32 Å². The molecule has 6 nitrogen and oxygen atoms in total. The number of benzene rings is 1. The van der Waals surface area contributed by atoms with E-state index >= 15 is 0 Å². The van der Waals surface area contributed by atoms with Crippen LogP contribution in [-0.4, -0.2) is 32.2 Å². The largest absolute Gasteiger partial charge is 0.352 e. The molecule has 0 aliphatic rings. The van der Waals surface area contributed by atoms with Gasteiger partial charge in [-0.05, 0) is 38.0 Å². The molecule has 0 aliphatic heterocycles. The number of nitrogens with zero attached hydrogens (tertiary/aromatic N) is 4. The summed E-state index contributed by atoms with van der Waals surface area (Å²) in [5, 5.41) is 8.25. The van der Waals surface area contributed by atoms with Crippen molar-refractivity contribution in [3.8, 4) is 11.3 Å². The number of aromatic nitrogens is 4. The number of rotatable bonds is 6. The zero-order chi connectivity index (χ0) is 20.2. The molecule has 1 aromatic carbocycles. The van der Waals surface area contributed by atoms with Crippen molar-refractivity contribution in [3.05, 3.63) is 78.2 Å². The van der Waals surface area contributed by atoms with Gasteiger partial charge in [0.05, 0.1) is 22.8 Å². The smallest absolute Gasteiger partial charge is 0.252 e. The van der Waals surface area contributed by atoms with Gasteiger partial charge in [0, 0.05) is 30.5 Å². The van der Waals surface area contributed by atoms with Crippen molar-refractivity contribution in [3.63, 3.8) is 0 Å². The topological polar surface area (TPSA) is 72.7 Å². The van der Waals surface area contributed by atoms with Gasteiger partial charge in [-0.25, -0.2) is 9.67 Å². The van der Waals surface area contributed by atoms with Crippen LogP contribution in [0.5, 0.6) is 0 Å². The molecule has 1 N–H and O–H groups in total. The number of amides is 1. The second kappa shape index (κ2) is 8.22. The molecular formula is C23H23N5O. The Bertz CT molecular complexity index is 1120. The molecule has 0 saturated carbocycles. The fourth-order valence-corrected chi connectivity index (χ4v) is 3.30. The van der Waals surface area contributed by atoms with Crippen LogP contribution < -0.4 is 5.32 Å². The van der Waals surface area contributed by atoms with E-state index in [2.05, 4.69) is 29.2 Å². The third-order valence-corrected chi connectivity index (χ3v) is 4.79. The summed E-state index contributed by atoms with van der Waals surface area (Å²) in [6.45, 7) is 4.64. The molecule has 6 heteroatoms. The zero-order valence-corrected chi connectivity index (χ0v) is 16.5. The van der Waals surface area contributed by atoms with Gasteiger partial charge >= 0.3 is 0 Å². The van der Waals surface area contributed by atoms with Crippen molar-refractivity contribution in [1.29, 1.82) is 0 Å². The first-order valence-electron chi connectivity index (χ1n) is 9.74. The van der Waals surface area contributed by atoms with Gasteiger partial charge in [0.1, 0.15) is 0 Å². The molecule has 1 amide bonds. The molecule has 0 bridgehead atoms. The standard InChI is InChI=1S/C23H23N5O/c1-16(2)28-22-20(15-26-28)19(13-21(27-22)18-8-4-3-5-9-18)23(29)25-12-10-17-7-6-11-24-14-17/h3-9,11,13-16H,10,12H2,1-2H3,(H,25,29). The number of pyridine rings is 2. The Balaban J connectivity index is 1.67. The highest BCUT2D eigenvalue weighted by molar-refractivity contribution is 6.06. The lowest BCUT2D eigenvalue weighted by Gasteiger charge is -2.11. The summed E-state index contributed by atoms with van der Waals surface area (Å²) in [6, 6.07) is 15.8. The molecule has 29 heavy (non-hydrogen) atoms. The first-order chi connectivity index (χ1) is 14.1. The number of hydrogen-bond donors (Lipinski definition) is 1. The maximum absolute atomic E-state index is 13.0. The molecule has 0 aliphatic carbocycles. The normalized spacial score (nSPS) is 11.1. The van der Waals surface area contributed by atoms with Crippen molar-refractivity contribution >= 4 is 16.9 Å².